The predicted molar refractivity (Wildman–Crippen MR) is 130 cm³/mol. The van der Waals surface area contributed by atoms with E-state index >= 15 is 0 Å². The number of methoxy groups -OCH3 is 1. The van der Waals surface area contributed by atoms with Crippen molar-refractivity contribution in [2.24, 2.45) is 0 Å². The van der Waals surface area contributed by atoms with E-state index in [1.807, 2.05) is 0 Å². The highest BCUT2D eigenvalue weighted by molar-refractivity contribution is 7.52. The summed E-state index contributed by atoms with van der Waals surface area (Å²) in [7, 11) is -0.952. The van der Waals surface area contributed by atoms with Crippen molar-refractivity contribution in [1.82, 2.24) is 24.6 Å². The molecule has 0 saturated heterocycles. The lowest BCUT2D eigenvalue weighted by molar-refractivity contribution is -0.118. The summed E-state index contributed by atoms with van der Waals surface area (Å²) in [6, 6.07) is 7.58. The third-order valence-electron chi connectivity index (χ3n) is 5.31. The van der Waals surface area contributed by atoms with E-state index in [1.54, 1.807) is 48.9 Å². The van der Waals surface area contributed by atoms with Gasteiger partial charge in [-0.25, -0.2) is 14.6 Å². The number of hydrogen-bond acceptors (Lipinski definition) is 11. The molecule has 190 valence electrons. The minimum atomic E-state index is -4.03. The molecule has 5 N–H and O–H groups in total. The number of aliphatic hydroxyl groups is 1. The molecule has 13 nitrogen and oxygen atoms in total. The van der Waals surface area contributed by atoms with Crippen LogP contribution in [0.5, 0.6) is 5.75 Å². The van der Waals surface area contributed by atoms with Gasteiger partial charge in [-0.15, -0.1) is 0 Å². The summed E-state index contributed by atoms with van der Waals surface area (Å²) in [6.45, 7) is 2.78. The van der Waals surface area contributed by atoms with Crippen LogP contribution in [0.2, 0.25) is 0 Å². The molecule has 0 aliphatic heterocycles. The highest BCUT2D eigenvalue weighted by atomic mass is 31.2. The van der Waals surface area contributed by atoms with E-state index in [9.17, 15) is 14.5 Å². The number of hydrogen-bond donors (Lipinski definition) is 4. The number of ether oxygens (including phenoxy) is 1. The van der Waals surface area contributed by atoms with Gasteiger partial charge in [0.2, 0.25) is 5.95 Å². The fourth-order valence-corrected chi connectivity index (χ4v) is 4.71. The van der Waals surface area contributed by atoms with Gasteiger partial charge in [-0.2, -0.15) is 9.97 Å². The van der Waals surface area contributed by atoms with Crippen molar-refractivity contribution in [3.8, 4) is 5.75 Å². The number of aromatic nitrogens is 4. The molecule has 14 heteroatoms. The first-order chi connectivity index (χ1) is 16.6. The third-order valence-corrected chi connectivity index (χ3v) is 6.96. The van der Waals surface area contributed by atoms with Gasteiger partial charge in [0.05, 0.1) is 25.5 Å². The van der Waals surface area contributed by atoms with Crippen LogP contribution >= 0.6 is 7.75 Å². The molecule has 0 aliphatic carbocycles. The number of nitrogens with two attached hydrogens (primary N) is 1. The summed E-state index contributed by atoms with van der Waals surface area (Å²) in [6.07, 6.45) is 0.912. The molecule has 1 aromatic carbocycles. The number of benzene rings is 1. The summed E-state index contributed by atoms with van der Waals surface area (Å²) >= 11 is 0. The third kappa shape index (κ3) is 6.32. The Morgan fingerprint density at radius 3 is 2.66 bits per heavy atom. The Labute approximate surface area is 202 Å². The Morgan fingerprint density at radius 1 is 1.31 bits per heavy atom. The average molecular weight is 507 g/mol. The molecule has 35 heavy (non-hydrogen) atoms. The Kier molecular flexibility index (Phi) is 8.41. The standard InChI is InChI=1S/C21H30N7O6P/c1-14(11-29)27-35(31,34-15-8-6-5-7-9-15)33-12-21(2,32-4)16(30)10-28-13-24-17-18(23-3)25-20(22)26-19(17)28/h5-9,11,13-14,16,30H,10,12H2,1-4H3,(H,27,31)(H3,22,23,25,26)/t14-,16-,21+,35?/m0/s1. The fourth-order valence-electron chi connectivity index (χ4n) is 3.14. The molecule has 0 saturated carbocycles. The van der Waals surface area contributed by atoms with Gasteiger partial charge in [-0.05, 0) is 26.0 Å². The maximum Gasteiger partial charge on any atom is 0.459 e. The molecular formula is C21H30N7O6P. The lowest BCUT2D eigenvalue weighted by Gasteiger charge is -2.34. The van der Waals surface area contributed by atoms with Crippen molar-refractivity contribution in [2.45, 2.75) is 38.1 Å². The average Bonchev–Trinajstić information content (AvgIpc) is 3.24. The first-order valence-corrected chi connectivity index (χ1v) is 12.3. The number of aliphatic hydroxyl groups excluding tert-OH is 1. The van der Waals surface area contributed by atoms with E-state index in [2.05, 4.69) is 25.4 Å². The molecule has 0 radical (unpaired) electrons. The normalized spacial score (nSPS) is 16.7. The zero-order valence-corrected chi connectivity index (χ0v) is 20.8. The number of imidazole rings is 1. The quantitative estimate of drug-likeness (QED) is 0.194. The monoisotopic (exact) mass is 507 g/mol. The fraction of sp³-hybridized carbons (Fsp3) is 0.429. The molecule has 0 aliphatic rings. The van der Waals surface area contributed by atoms with Gasteiger partial charge in [0, 0.05) is 14.2 Å². The van der Waals surface area contributed by atoms with Crippen LogP contribution in [0.25, 0.3) is 11.2 Å². The maximum absolute atomic E-state index is 13.4. The molecule has 0 amide bonds. The van der Waals surface area contributed by atoms with Crippen LogP contribution in [0, 0.1) is 0 Å². The van der Waals surface area contributed by atoms with Crippen LogP contribution in [-0.2, 0) is 25.2 Å². The Morgan fingerprint density at radius 2 is 2.03 bits per heavy atom. The van der Waals surface area contributed by atoms with Crippen molar-refractivity contribution >= 4 is 37.0 Å². The van der Waals surface area contributed by atoms with Gasteiger partial charge in [0.25, 0.3) is 0 Å². The van der Waals surface area contributed by atoms with Crippen molar-refractivity contribution in [3.63, 3.8) is 0 Å². The molecule has 0 fully saturated rings. The number of rotatable bonds is 13. The Bertz CT molecular complexity index is 1190. The smallest absolute Gasteiger partial charge is 0.413 e. The van der Waals surface area contributed by atoms with Crippen LogP contribution in [0.1, 0.15) is 13.8 Å². The van der Waals surface area contributed by atoms with E-state index in [-0.39, 0.29) is 24.8 Å². The number of nitrogens with one attached hydrogen (secondary N) is 2. The maximum atomic E-state index is 13.4. The van der Waals surface area contributed by atoms with Gasteiger partial charge in [-0.3, -0.25) is 4.52 Å². The molecule has 3 rings (SSSR count). The topological polar surface area (TPSA) is 176 Å². The van der Waals surface area contributed by atoms with E-state index in [0.717, 1.165) is 0 Å². The number of nitrogen functional groups attached to an aromatic ring is 1. The lowest BCUT2D eigenvalue weighted by Crippen LogP contribution is -2.48. The van der Waals surface area contributed by atoms with Crippen LogP contribution in [0.3, 0.4) is 0 Å². The zero-order chi connectivity index (χ0) is 25.6. The zero-order valence-electron chi connectivity index (χ0n) is 19.9. The molecule has 2 heterocycles. The molecule has 4 atom stereocenters. The van der Waals surface area contributed by atoms with Crippen molar-refractivity contribution in [1.29, 1.82) is 0 Å². The summed E-state index contributed by atoms with van der Waals surface area (Å²) in [4.78, 5) is 23.8. The van der Waals surface area contributed by atoms with Gasteiger partial charge in [-0.1, -0.05) is 18.2 Å². The summed E-state index contributed by atoms with van der Waals surface area (Å²) in [5.74, 6) is 0.779. The molecular weight excluding hydrogens is 477 g/mol. The Hall–Kier alpha value is -3.09. The second kappa shape index (κ2) is 11.1. The van der Waals surface area contributed by atoms with Gasteiger partial charge in [0.1, 0.15) is 23.7 Å². The van der Waals surface area contributed by atoms with E-state index < -0.39 is 25.5 Å². The van der Waals surface area contributed by atoms with Crippen molar-refractivity contribution in [2.75, 3.05) is 31.8 Å². The second-order valence-electron chi connectivity index (χ2n) is 8.01. The molecule has 2 aromatic heterocycles. The van der Waals surface area contributed by atoms with Crippen LogP contribution in [0.15, 0.2) is 36.7 Å². The summed E-state index contributed by atoms with van der Waals surface area (Å²) < 4.78 is 31.8. The number of nitrogens with zero attached hydrogens (tertiary/aromatic N) is 4. The largest absolute Gasteiger partial charge is 0.459 e. The number of carbonyl (C=O) groups is 1. The van der Waals surface area contributed by atoms with Gasteiger partial charge in [0.15, 0.2) is 17.0 Å². The number of carbonyl (C=O) groups excluding carboxylic acids is 1. The minimum Gasteiger partial charge on any atom is -0.413 e. The SMILES string of the molecule is CNc1nc(N)nc2c1ncn2C[C@H](O)[C@@](C)(COP(=O)(N[C@@H](C)C=O)Oc1ccccc1)OC. The van der Waals surface area contributed by atoms with Gasteiger partial charge >= 0.3 is 7.75 Å². The molecule has 0 bridgehead atoms. The Balaban J connectivity index is 1.80. The lowest BCUT2D eigenvalue weighted by atomic mass is 10.00. The molecule has 1 unspecified atom stereocenters. The summed E-state index contributed by atoms with van der Waals surface area (Å²) in [5.41, 5.74) is 5.36. The minimum absolute atomic E-state index is 0.00577. The first-order valence-electron chi connectivity index (χ1n) is 10.7. The predicted octanol–water partition coefficient (Wildman–Crippen LogP) is 1.60. The number of para-hydroxylation sites is 1. The van der Waals surface area contributed by atoms with Gasteiger partial charge < -0.3 is 34.8 Å². The van der Waals surface area contributed by atoms with Crippen molar-refractivity contribution < 1.29 is 28.3 Å². The van der Waals surface area contributed by atoms with E-state index in [4.69, 9.17) is 19.5 Å². The number of aldehydes is 1. The van der Waals surface area contributed by atoms with Crippen LogP contribution < -0.4 is 20.7 Å². The second-order valence-corrected chi connectivity index (χ2v) is 9.71. The van der Waals surface area contributed by atoms with E-state index in [1.165, 1.54) is 20.4 Å². The number of anilines is 2. The van der Waals surface area contributed by atoms with Crippen LogP contribution in [-0.4, -0.2) is 69.4 Å². The molecule has 0 spiro atoms. The molecule has 3 aromatic rings. The van der Waals surface area contributed by atoms with E-state index in [0.29, 0.717) is 23.3 Å². The highest BCUT2D eigenvalue weighted by Gasteiger charge is 2.39. The first kappa shape index (κ1) is 26.5. The van der Waals surface area contributed by atoms with Crippen molar-refractivity contribution in [3.05, 3.63) is 36.7 Å². The highest BCUT2D eigenvalue weighted by Crippen LogP contribution is 2.45. The van der Waals surface area contributed by atoms with Crippen LogP contribution in [0.4, 0.5) is 11.8 Å². The number of fused-ring (bicyclic) bond motifs is 1. The summed E-state index contributed by atoms with van der Waals surface area (Å²) in [5, 5.41) is 16.5.